The van der Waals surface area contributed by atoms with Gasteiger partial charge in [-0.1, -0.05) is 122 Å². The summed E-state index contributed by atoms with van der Waals surface area (Å²) in [6.45, 7) is 32.0. The van der Waals surface area contributed by atoms with Gasteiger partial charge < -0.3 is 28.8 Å². The van der Waals surface area contributed by atoms with Crippen LogP contribution in [-0.2, 0) is 0 Å². The van der Waals surface area contributed by atoms with Crippen LogP contribution in [-0.4, -0.2) is 48.7 Å². The molecule has 8 aromatic carbocycles. The van der Waals surface area contributed by atoms with Crippen molar-refractivity contribution in [3.05, 3.63) is 166 Å². The van der Waals surface area contributed by atoms with Crippen LogP contribution in [0.4, 0.5) is 0 Å². The molecule has 0 spiro atoms. The number of ether oxygens (including phenoxy) is 2. The lowest BCUT2D eigenvalue weighted by Gasteiger charge is -2.24. The van der Waals surface area contributed by atoms with Crippen LogP contribution in [0.1, 0.15) is 50.9 Å². The van der Waals surface area contributed by atoms with Crippen molar-refractivity contribution in [2.24, 2.45) is 0 Å². The average Bonchev–Trinajstić information content (AvgIpc) is 3.80. The fourth-order valence-electron chi connectivity index (χ4n) is 10.9. The number of benzene rings is 8. The van der Waals surface area contributed by atoms with E-state index >= 15 is 0 Å². The summed E-state index contributed by atoms with van der Waals surface area (Å²) in [5.41, 5.74) is 17.9. The molecule has 2 aromatic heterocycles. The lowest BCUT2D eigenvalue weighted by molar-refractivity contribution is 0.247. The molecule has 0 saturated heterocycles. The molecule has 0 radical (unpaired) electrons. The summed E-state index contributed by atoms with van der Waals surface area (Å²) in [5, 5.41) is 32.6. The van der Waals surface area contributed by atoms with Crippen LogP contribution in [0.2, 0.25) is 39.3 Å². The van der Waals surface area contributed by atoms with Gasteiger partial charge in [0.05, 0.1) is 62.8 Å². The summed E-state index contributed by atoms with van der Waals surface area (Å²) < 4.78 is 18.3. The minimum Gasteiger partial charge on any atom is -0.505 e. The van der Waals surface area contributed by atoms with Crippen molar-refractivity contribution in [3.63, 3.8) is 0 Å². The first-order chi connectivity index (χ1) is 34.6. The predicted molar refractivity (Wildman–Crippen MR) is 315 cm³/mol. The van der Waals surface area contributed by atoms with Crippen LogP contribution in [0.3, 0.4) is 0 Å². The third-order valence-electron chi connectivity index (χ3n) is 14.8. The Morgan fingerprint density at radius 3 is 0.986 bits per heavy atom. The van der Waals surface area contributed by atoms with Crippen LogP contribution >= 0.6 is 0 Å². The number of hydrogen-bond donors (Lipinski definition) is 2. The van der Waals surface area contributed by atoms with Crippen LogP contribution < -0.4 is 19.8 Å². The maximum Gasteiger partial charge on any atom is 0.147 e. The van der Waals surface area contributed by atoms with Crippen molar-refractivity contribution >= 4 is 70.1 Å². The summed E-state index contributed by atoms with van der Waals surface area (Å²) >= 11 is 0. The Labute approximate surface area is 433 Å². The highest BCUT2D eigenvalue weighted by atomic mass is 28.3. The molecule has 0 fully saturated rings. The van der Waals surface area contributed by atoms with E-state index in [1.165, 1.54) is 10.4 Å². The molecule has 10 aromatic rings. The lowest BCUT2D eigenvalue weighted by Crippen LogP contribution is -2.37. The normalized spacial score (nSPS) is 12.2. The molecular weight excluding hydrogens is 929 g/mol. The van der Waals surface area contributed by atoms with Crippen molar-refractivity contribution < 1.29 is 19.7 Å². The molecular formula is C65H70N2O4Si2. The summed E-state index contributed by atoms with van der Waals surface area (Å²) in [6, 6.07) is 43.9. The third kappa shape index (κ3) is 9.03. The molecule has 6 nitrogen and oxygen atoms in total. The first-order valence-electron chi connectivity index (χ1n) is 25.8. The van der Waals surface area contributed by atoms with Crippen LogP contribution in [0.25, 0.3) is 77.2 Å². The second kappa shape index (κ2) is 18.5. The van der Waals surface area contributed by atoms with Crippen molar-refractivity contribution in [2.45, 2.75) is 101 Å². The maximum absolute atomic E-state index is 12.7. The highest BCUT2D eigenvalue weighted by Gasteiger charge is 2.27. The molecule has 0 amide bonds. The van der Waals surface area contributed by atoms with Gasteiger partial charge in [0.25, 0.3) is 0 Å². The van der Waals surface area contributed by atoms with Gasteiger partial charge in [-0.05, 0) is 148 Å². The standard InChI is InChI=1S/C65H70N2O4Si2/c1-38-16-20-48-49-21-17-39(2)29-57(49)66(56(48)28-38)60-32-42(5)26-52(62(60)68)54-36-46(72(9,10)11)34-44(7)64(54)70-24-15-25-71-65-45(8)35-47(73(12,13)14)37-55(65)53-27-43(6)33-61(63(53)69)67-58-30-40(3)18-22-50(58)51-23-19-41(4)31-59(51)67/h16-23,26-37,68-69H,15,24-25H2,1-14H3. The number of nitrogens with zero attached hydrogens (tertiary/aromatic N) is 2. The monoisotopic (exact) mass is 998 g/mol. The molecule has 73 heavy (non-hydrogen) atoms. The Hall–Kier alpha value is -7.01. The molecule has 0 bridgehead atoms. The molecule has 372 valence electrons. The molecule has 8 heteroatoms. The fourth-order valence-corrected chi connectivity index (χ4v) is 13.3. The molecule has 0 aliphatic rings. The van der Waals surface area contributed by atoms with Crippen molar-refractivity contribution in [1.29, 1.82) is 0 Å². The third-order valence-corrected chi connectivity index (χ3v) is 18.8. The highest BCUT2D eigenvalue weighted by Crippen LogP contribution is 2.46. The predicted octanol–water partition coefficient (Wildman–Crippen LogP) is 16.0. The number of hydrogen-bond acceptors (Lipinski definition) is 4. The maximum atomic E-state index is 12.7. The molecule has 0 saturated carbocycles. The lowest BCUT2D eigenvalue weighted by atomic mass is 9.97. The second-order valence-corrected chi connectivity index (χ2v) is 33.2. The van der Waals surface area contributed by atoms with Gasteiger partial charge in [-0.3, -0.25) is 0 Å². The van der Waals surface area contributed by atoms with Crippen molar-refractivity contribution in [1.82, 2.24) is 9.13 Å². The van der Waals surface area contributed by atoms with E-state index in [0.717, 1.165) is 133 Å². The zero-order valence-electron chi connectivity index (χ0n) is 45.3. The SMILES string of the molecule is Cc1cc(-c2cc([Si](C)(C)C)cc(C)c2OCCCOc2c(C)cc([Si](C)(C)C)cc2-c2cc(C)cc(-n3c4cc(C)ccc4c4ccc(C)cc43)c2O)c(O)c(-n2c3cc(C)ccc3c3ccc(C)cc32)c1. The Morgan fingerprint density at radius 2 is 0.685 bits per heavy atom. The smallest absolute Gasteiger partial charge is 0.147 e. The van der Waals surface area contributed by atoms with E-state index in [9.17, 15) is 10.2 Å². The Balaban J connectivity index is 1.01. The van der Waals surface area contributed by atoms with Crippen molar-refractivity contribution in [2.75, 3.05) is 13.2 Å². The molecule has 10 rings (SSSR count). The second-order valence-electron chi connectivity index (χ2n) is 23.0. The van der Waals surface area contributed by atoms with E-state index in [4.69, 9.17) is 9.47 Å². The summed E-state index contributed by atoms with van der Waals surface area (Å²) in [4.78, 5) is 0. The fraction of sp³-hybridized carbons (Fsp3) is 0.262. The summed E-state index contributed by atoms with van der Waals surface area (Å²) in [7, 11) is -3.61. The first kappa shape index (κ1) is 49.6. The number of phenolic OH excluding ortho intramolecular Hbond substituents is 2. The number of fused-ring (bicyclic) bond motifs is 6. The zero-order valence-corrected chi connectivity index (χ0v) is 47.3. The molecule has 0 aliphatic heterocycles. The highest BCUT2D eigenvalue weighted by molar-refractivity contribution is 6.89. The van der Waals surface area contributed by atoms with E-state index in [2.05, 4.69) is 225 Å². The van der Waals surface area contributed by atoms with Crippen LogP contribution in [0, 0.1) is 55.4 Å². The molecule has 2 heterocycles. The summed E-state index contributed by atoms with van der Waals surface area (Å²) in [5.74, 6) is 1.99. The van der Waals surface area contributed by atoms with Gasteiger partial charge in [-0.2, -0.15) is 0 Å². The van der Waals surface area contributed by atoms with Gasteiger partial charge in [0.15, 0.2) is 0 Å². The number of rotatable bonds is 12. The van der Waals surface area contributed by atoms with E-state index in [-0.39, 0.29) is 11.5 Å². The van der Waals surface area contributed by atoms with Gasteiger partial charge in [-0.15, -0.1) is 0 Å². The van der Waals surface area contributed by atoms with E-state index in [1.807, 2.05) is 0 Å². The Morgan fingerprint density at radius 1 is 0.370 bits per heavy atom. The number of aromatic hydroxyl groups is 2. The van der Waals surface area contributed by atoms with Crippen LogP contribution in [0.5, 0.6) is 23.0 Å². The van der Waals surface area contributed by atoms with Crippen molar-refractivity contribution in [3.8, 4) is 56.6 Å². The van der Waals surface area contributed by atoms with E-state index in [1.54, 1.807) is 0 Å². The molecule has 0 unspecified atom stereocenters. The van der Waals surface area contributed by atoms with Gasteiger partial charge in [0.2, 0.25) is 0 Å². The topological polar surface area (TPSA) is 68.8 Å². The first-order valence-corrected chi connectivity index (χ1v) is 32.8. The number of aryl methyl sites for hydroxylation is 8. The number of aromatic nitrogens is 2. The number of phenols is 2. The minimum atomic E-state index is -1.81. The minimum absolute atomic E-state index is 0.225. The average molecular weight is 999 g/mol. The van der Waals surface area contributed by atoms with Crippen LogP contribution in [0.15, 0.2) is 121 Å². The van der Waals surface area contributed by atoms with E-state index < -0.39 is 16.1 Å². The molecule has 0 atom stereocenters. The molecule has 0 aliphatic carbocycles. The van der Waals surface area contributed by atoms with E-state index in [0.29, 0.717) is 19.6 Å². The summed E-state index contributed by atoms with van der Waals surface area (Å²) in [6.07, 6.45) is 0.611. The molecule has 2 N–H and O–H groups in total. The Bertz CT molecular complexity index is 3490. The largest absolute Gasteiger partial charge is 0.505 e. The van der Waals surface area contributed by atoms with Gasteiger partial charge in [-0.25, -0.2) is 0 Å². The van der Waals surface area contributed by atoms with Gasteiger partial charge in [0, 0.05) is 50.2 Å². The quantitative estimate of drug-likeness (QED) is 0.0945. The van der Waals surface area contributed by atoms with Gasteiger partial charge in [0.1, 0.15) is 23.0 Å². The Kier molecular flexibility index (Phi) is 12.6. The zero-order chi connectivity index (χ0) is 52.0. The van der Waals surface area contributed by atoms with Gasteiger partial charge >= 0.3 is 0 Å².